The van der Waals surface area contributed by atoms with Crippen molar-refractivity contribution in [2.45, 2.75) is 38.1 Å². The molecule has 0 radical (unpaired) electrons. The van der Waals surface area contributed by atoms with Crippen molar-refractivity contribution in [1.29, 1.82) is 0 Å². The molecule has 6 heteroatoms. The van der Waals surface area contributed by atoms with Gasteiger partial charge in [-0.05, 0) is 24.8 Å². The smallest absolute Gasteiger partial charge is 0.230 e. The average molecular weight is 359 g/mol. The van der Waals surface area contributed by atoms with Crippen LogP contribution in [0.15, 0.2) is 42.9 Å². The van der Waals surface area contributed by atoms with Gasteiger partial charge in [-0.3, -0.25) is 4.79 Å². The Bertz CT molecular complexity index is 702. The van der Waals surface area contributed by atoms with Crippen LogP contribution >= 0.6 is 11.6 Å². The van der Waals surface area contributed by atoms with Crippen molar-refractivity contribution in [3.05, 3.63) is 53.4 Å². The number of carbonyl (C=O) groups excluding carboxylic acids is 1. The van der Waals surface area contributed by atoms with Crippen LogP contribution in [0.25, 0.3) is 0 Å². The molecule has 5 nitrogen and oxygen atoms in total. The van der Waals surface area contributed by atoms with E-state index in [4.69, 9.17) is 11.6 Å². The van der Waals surface area contributed by atoms with Crippen LogP contribution in [0.3, 0.4) is 0 Å². The van der Waals surface area contributed by atoms with Crippen molar-refractivity contribution >= 4 is 23.3 Å². The van der Waals surface area contributed by atoms with Gasteiger partial charge in [0.1, 0.15) is 17.2 Å². The zero-order valence-corrected chi connectivity index (χ0v) is 15.1. The summed E-state index contributed by atoms with van der Waals surface area (Å²) in [6.45, 7) is 3.58. The van der Waals surface area contributed by atoms with Crippen LogP contribution in [0.2, 0.25) is 5.02 Å². The number of halogens is 1. The normalized spacial score (nSPS) is 16.5. The highest BCUT2D eigenvalue weighted by Gasteiger charge is 2.28. The minimum absolute atomic E-state index is 0.0537. The highest BCUT2D eigenvalue weighted by molar-refractivity contribution is 6.32. The Morgan fingerprint density at radius 3 is 2.68 bits per heavy atom. The quantitative estimate of drug-likeness (QED) is 0.884. The second kappa shape index (κ2) is 8.30. The minimum atomic E-state index is -0.0537. The number of hydrogen-bond donors (Lipinski definition) is 1. The third-order valence-corrected chi connectivity index (χ3v) is 5.00. The third kappa shape index (κ3) is 4.28. The zero-order chi connectivity index (χ0) is 17.6. The molecule has 1 unspecified atom stereocenters. The lowest BCUT2D eigenvalue weighted by atomic mass is 9.93. The van der Waals surface area contributed by atoms with Crippen molar-refractivity contribution in [3.63, 3.8) is 0 Å². The Kier molecular flexibility index (Phi) is 5.87. The molecule has 0 spiro atoms. The van der Waals surface area contributed by atoms with Crippen molar-refractivity contribution in [2.24, 2.45) is 0 Å². The number of piperidine rings is 1. The molecular formula is C19H23ClN4O. The first kappa shape index (κ1) is 17.7. The largest absolute Gasteiger partial charge is 0.366 e. The summed E-state index contributed by atoms with van der Waals surface area (Å²) in [5.74, 6) is 0.839. The minimum Gasteiger partial charge on any atom is -0.366 e. The highest BCUT2D eigenvalue weighted by Crippen LogP contribution is 2.25. The fourth-order valence-electron chi connectivity index (χ4n) is 3.32. The molecule has 0 aliphatic carbocycles. The van der Waals surface area contributed by atoms with E-state index in [9.17, 15) is 4.79 Å². The number of benzene rings is 1. The third-order valence-electron chi connectivity index (χ3n) is 4.72. The number of nitrogens with zero attached hydrogens (tertiary/aromatic N) is 3. The molecule has 1 aromatic heterocycles. The van der Waals surface area contributed by atoms with Crippen molar-refractivity contribution in [3.8, 4) is 0 Å². The number of aromatic nitrogens is 2. The lowest BCUT2D eigenvalue weighted by molar-refractivity contribution is -0.133. The maximum absolute atomic E-state index is 12.9. The molecule has 1 aliphatic heterocycles. The van der Waals surface area contributed by atoms with Crippen LogP contribution in [0.4, 0.5) is 5.82 Å². The van der Waals surface area contributed by atoms with Gasteiger partial charge in [-0.1, -0.05) is 48.9 Å². The summed E-state index contributed by atoms with van der Waals surface area (Å²) in [4.78, 5) is 23.0. The molecule has 1 saturated heterocycles. The van der Waals surface area contributed by atoms with Crippen LogP contribution in [-0.2, 0) is 4.79 Å². The predicted molar refractivity (Wildman–Crippen MR) is 99.7 cm³/mol. The van der Waals surface area contributed by atoms with Gasteiger partial charge in [-0.15, -0.1) is 0 Å². The fourth-order valence-corrected chi connectivity index (χ4v) is 3.47. The topological polar surface area (TPSA) is 58.1 Å². The van der Waals surface area contributed by atoms with Crippen molar-refractivity contribution in [2.75, 3.05) is 18.4 Å². The standard InChI is InChI=1S/C19H23ClN4O/c1-2-16(14-6-4-3-5-7-14)19(25)24-10-8-15(9-11-24)23-18-17(20)12-21-13-22-18/h3-7,12-13,15-16H,2,8-11H2,1H3,(H,21,22,23). The van der Waals surface area contributed by atoms with E-state index < -0.39 is 0 Å². The second-order valence-electron chi connectivity index (χ2n) is 6.33. The van der Waals surface area contributed by atoms with Gasteiger partial charge in [-0.25, -0.2) is 9.97 Å². The SMILES string of the molecule is CCC(C(=O)N1CCC(Nc2ncncc2Cl)CC1)c1ccccc1. The summed E-state index contributed by atoms with van der Waals surface area (Å²) in [5.41, 5.74) is 1.10. The lowest BCUT2D eigenvalue weighted by Gasteiger charge is -2.34. The van der Waals surface area contributed by atoms with E-state index in [0.29, 0.717) is 10.8 Å². The Morgan fingerprint density at radius 1 is 1.32 bits per heavy atom. The van der Waals surface area contributed by atoms with E-state index in [1.807, 2.05) is 35.2 Å². The zero-order valence-electron chi connectivity index (χ0n) is 14.4. The molecule has 25 heavy (non-hydrogen) atoms. The van der Waals surface area contributed by atoms with Gasteiger partial charge < -0.3 is 10.2 Å². The lowest BCUT2D eigenvalue weighted by Crippen LogP contribution is -2.44. The molecule has 0 saturated carbocycles. The van der Waals surface area contributed by atoms with Crippen LogP contribution in [0, 0.1) is 0 Å². The molecule has 1 amide bonds. The summed E-state index contributed by atoms with van der Waals surface area (Å²) in [6.07, 6.45) is 5.66. The van der Waals surface area contributed by atoms with Gasteiger partial charge in [-0.2, -0.15) is 0 Å². The molecule has 132 valence electrons. The predicted octanol–water partition coefficient (Wildman–Crippen LogP) is 3.73. The maximum Gasteiger partial charge on any atom is 0.230 e. The first-order chi connectivity index (χ1) is 12.2. The van der Waals surface area contributed by atoms with E-state index in [1.54, 1.807) is 6.20 Å². The maximum atomic E-state index is 12.9. The monoisotopic (exact) mass is 358 g/mol. The molecule has 1 N–H and O–H groups in total. The number of anilines is 1. The van der Waals surface area contributed by atoms with Gasteiger partial charge in [0, 0.05) is 19.1 Å². The Labute approximate surface area is 153 Å². The van der Waals surface area contributed by atoms with Crippen molar-refractivity contribution < 1.29 is 4.79 Å². The average Bonchev–Trinajstić information content (AvgIpc) is 2.66. The van der Waals surface area contributed by atoms with Gasteiger partial charge in [0.05, 0.1) is 12.1 Å². The van der Waals surface area contributed by atoms with Gasteiger partial charge >= 0.3 is 0 Å². The number of amides is 1. The number of hydrogen-bond acceptors (Lipinski definition) is 4. The van der Waals surface area contributed by atoms with Crippen LogP contribution in [-0.4, -0.2) is 39.9 Å². The molecule has 1 fully saturated rings. The highest BCUT2D eigenvalue weighted by atomic mass is 35.5. The van der Waals surface area contributed by atoms with Crippen LogP contribution < -0.4 is 5.32 Å². The van der Waals surface area contributed by atoms with Crippen molar-refractivity contribution in [1.82, 2.24) is 14.9 Å². The van der Waals surface area contributed by atoms with E-state index in [-0.39, 0.29) is 17.9 Å². The molecule has 3 rings (SSSR count). The number of nitrogens with one attached hydrogen (secondary N) is 1. The Morgan fingerprint density at radius 2 is 2.04 bits per heavy atom. The summed E-state index contributed by atoms with van der Waals surface area (Å²) in [6, 6.07) is 10.3. The number of rotatable bonds is 5. The van der Waals surface area contributed by atoms with E-state index in [0.717, 1.165) is 37.9 Å². The first-order valence-corrected chi connectivity index (χ1v) is 9.12. The summed E-state index contributed by atoms with van der Waals surface area (Å²) in [7, 11) is 0. The summed E-state index contributed by atoms with van der Waals surface area (Å²) in [5, 5.41) is 3.89. The Balaban J connectivity index is 1.58. The van der Waals surface area contributed by atoms with Gasteiger partial charge in [0.2, 0.25) is 5.91 Å². The molecule has 1 aliphatic rings. The number of carbonyl (C=O) groups is 1. The van der Waals surface area contributed by atoms with E-state index in [1.165, 1.54) is 6.33 Å². The van der Waals surface area contributed by atoms with Gasteiger partial charge in [0.15, 0.2) is 0 Å². The van der Waals surface area contributed by atoms with Crippen LogP contribution in [0.5, 0.6) is 0 Å². The Hall–Kier alpha value is -2.14. The van der Waals surface area contributed by atoms with E-state index >= 15 is 0 Å². The molecule has 0 bridgehead atoms. The molecule has 1 atom stereocenters. The molecule has 1 aromatic carbocycles. The fraction of sp³-hybridized carbons (Fsp3) is 0.421. The summed E-state index contributed by atoms with van der Waals surface area (Å²) >= 11 is 6.10. The number of likely N-dealkylation sites (tertiary alicyclic amines) is 1. The molecule has 2 aromatic rings. The van der Waals surface area contributed by atoms with E-state index in [2.05, 4.69) is 22.2 Å². The van der Waals surface area contributed by atoms with Gasteiger partial charge in [0.25, 0.3) is 0 Å². The second-order valence-corrected chi connectivity index (χ2v) is 6.74. The molecule has 2 heterocycles. The molecular weight excluding hydrogens is 336 g/mol. The summed E-state index contributed by atoms with van der Waals surface area (Å²) < 4.78 is 0. The van der Waals surface area contributed by atoms with Crippen LogP contribution in [0.1, 0.15) is 37.7 Å². The first-order valence-electron chi connectivity index (χ1n) is 8.74.